The van der Waals surface area contributed by atoms with Crippen LogP contribution in [-0.2, 0) is 82.8 Å². The van der Waals surface area contributed by atoms with Gasteiger partial charge in [0.15, 0.2) is 34.8 Å². The number of anilines is 2. The number of methoxy groups -OCH3 is 2. The molecule has 8 aromatic carbocycles. The first-order valence-electron chi connectivity index (χ1n) is 44.3. The summed E-state index contributed by atoms with van der Waals surface area (Å²) in [5.74, 6) is -2.22. The minimum Gasteiger partial charge on any atom is -0.497 e. The fourth-order valence-electron chi connectivity index (χ4n) is 17.1. The van der Waals surface area contributed by atoms with Crippen molar-refractivity contribution >= 4 is 90.3 Å². The van der Waals surface area contributed by atoms with Gasteiger partial charge < -0.3 is 87.6 Å². The van der Waals surface area contributed by atoms with Crippen molar-refractivity contribution < 1.29 is 94.6 Å². The van der Waals surface area contributed by atoms with E-state index in [2.05, 4.69) is 65.1 Å². The van der Waals surface area contributed by atoms with Crippen LogP contribution in [0.4, 0.5) is 21.4 Å². The summed E-state index contributed by atoms with van der Waals surface area (Å²) in [6, 6.07) is 63.6. The quantitative estimate of drug-likeness (QED) is 0.0103. The fourth-order valence-corrected chi connectivity index (χ4v) is 18.3. The zero-order valence-electron chi connectivity index (χ0n) is 75.4. The van der Waals surface area contributed by atoms with Crippen LogP contribution in [0.2, 0.25) is 0 Å². The second-order valence-electron chi connectivity index (χ2n) is 32.9. The average molecular weight is 1860 g/mol. The molecule has 3 unspecified atom stereocenters. The summed E-state index contributed by atoms with van der Waals surface area (Å²) in [5, 5.41) is 8.30. The maximum Gasteiger partial charge on any atom is 0.409 e. The van der Waals surface area contributed by atoms with E-state index in [9.17, 15) is 43.2 Å². The van der Waals surface area contributed by atoms with Crippen molar-refractivity contribution in [3.8, 4) is 33.8 Å². The van der Waals surface area contributed by atoms with Gasteiger partial charge >= 0.3 is 32.7 Å². The summed E-state index contributed by atoms with van der Waals surface area (Å²) >= 11 is 0. The van der Waals surface area contributed by atoms with Gasteiger partial charge in [-0.25, -0.2) is 29.5 Å². The molecule has 4 aliphatic rings. The molecular formula is C99H105N14O21P. The lowest BCUT2D eigenvalue weighted by atomic mass is 9.80. The lowest BCUT2D eigenvalue weighted by Crippen LogP contribution is -2.38. The molecule has 5 amide bonds. The summed E-state index contributed by atoms with van der Waals surface area (Å²) in [6.07, 6.45) is -2.06. The number of esters is 2. The number of amides is 5. The molecule has 0 saturated carbocycles. The average Bonchev–Trinajstić information content (AvgIpc) is 1.76. The molecule has 2 aliphatic heterocycles. The predicted octanol–water partition coefficient (Wildman–Crippen LogP) is 14.7. The molecule has 0 bridgehead atoms. The van der Waals surface area contributed by atoms with Gasteiger partial charge in [0.1, 0.15) is 73.2 Å². The number of imidazole rings is 2. The summed E-state index contributed by atoms with van der Waals surface area (Å²) in [4.78, 5) is 148. The summed E-state index contributed by atoms with van der Waals surface area (Å²) < 4.78 is 79.1. The second-order valence-corrected chi connectivity index (χ2v) is 34.0. The third-order valence-corrected chi connectivity index (χ3v) is 25.2. The minimum absolute atomic E-state index is 0. The highest BCUT2D eigenvalue weighted by Gasteiger charge is 2.47. The van der Waals surface area contributed by atoms with Gasteiger partial charge in [-0.3, -0.25) is 48.2 Å². The number of hydrogen-bond acceptors (Lipinski definition) is 27. The highest BCUT2D eigenvalue weighted by Crippen LogP contribution is 2.51. The number of fused-ring (bicyclic) bond motifs is 8. The van der Waals surface area contributed by atoms with Crippen LogP contribution in [0, 0.1) is 0 Å². The molecule has 4 aromatic heterocycles. The van der Waals surface area contributed by atoms with Gasteiger partial charge in [0.25, 0.3) is 17.4 Å². The number of nitrogens with one attached hydrogen (secondary N) is 4. The Bertz CT molecular complexity index is 6150. The van der Waals surface area contributed by atoms with Crippen molar-refractivity contribution in [1.29, 1.82) is 0 Å². The van der Waals surface area contributed by atoms with Gasteiger partial charge in [-0.2, -0.15) is 4.98 Å². The van der Waals surface area contributed by atoms with E-state index in [1.807, 2.05) is 159 Å². The Labute approximate surface area is 778 Å². The molecule has 2 aliphatic carbocycles. The smallest absolute Gasteiger partial charge is 0.409 e. The summed E-state index contributed by atoms with van der Waals surface area (Å²) in [5.41, 5.74) is 10.3. The van der Waals surface area contributed by atoms with Crippen molar-refractivity contribution in [3.05, 3.63) is 280 Å². The van der Waals surface area contributed by atoms with Crippen LogP contribution in [0.5, 0.6) is 11.5 Å². The Kier molecular flexibility index (Phi) is 31.3. The molecule has 0 radical (unpaired) electrons. The third-order valence-electron chi connectivity index (χ3n) is 24.0. The van der Waals surface area contributed by atoms with Gasteiger partial charge in [0.2, 0.25) is 11.9 Å². The van der Waals surface area contributed by atoms with E-state index in [1.165, 1.54) is 40.3 Å². The summed E-state index contributed by atoms with van der Waals surface area (Å²) in [6.45, 7) is 3.21. The molecule has 12 aromatic rings. The van der Waals surface area contributed by atoms with Crippen LogP contribution in [0.3, 0.4) is 0 Å². The highest BCUT2D eigenvalue weighted by molar-refractivity contribution is 7.41. The number of nitrogens with zero attached hydrogens (tertiary/aromatic N) is 9. The number of Topliss-reactive ketones (excluding diaryl/α,β-unsaturated/α-hetero) is 1. The van der Waals surface area contributed by atoms with Crippen LogP contribution >= 0.6 is 8.60 Å². The van der Waals surface area contributed by atoms with Crippen molar-refractivity contribution in [1.82, 2.24) is 60.3 Å². The van der Waals surface area contributed by atoms with Gasteiger partial charge in [-0.05, 0) is 129 Å². The van der Waals surface area contributed by atoms with Crippen LogP contribution in [-0.4, -0.2) is 202 Å². The van der Waals surface area contributed by atoms with Crippen molar-refractivity contribution in [2.45, 2.75) is 132 Å². The van der Waals surface area contributed by atoms with Crippen LogP contribution in [0.1, 0.15) is 151 Å². The first kappa shape index (κ1) is 95.6. The Morgan fingerprint density at radius 3 is 1.63 bits per heavy atom. The Morgan fingerprint density at radius 2 is 1.07 bits per heavy atom. The third kappa shape index (κ3) is 22.2. The number of ketones is 1. The number of carbonyl (C=O) groups excluding carboxylic acids is 8. The molecule has 35 nitrogen and oxygen atoms in total. The first-order chi connectivity index (χ1) is 65.2. The van der Waals surface area contributed by atoms with E-state index >= 15 is 0 Å². The largest absolute Gasteiger partial charge is 0.497 e. The van der Waals surface area contributed by atoms with Gasteiger partial charge in [-0.1, -0.05) is 171 Å². The predicted molar refractivity (Wildman–Crippen MR) is 497 cm³/mol. The standard InChI is InChI=1S/C99H102N13O21P.H3N/c1-7-49-128-134(129-56-82-79(132-88(117)46-33-61(2)113)50-85(131-82)112-60-104-90-93(112)107-96(108-95(90)119)105-83(114)31-19-47-109(3)97(120)125-53-77-73-27-15-11-23-69(73)70-24-12-16-28-74(70)77)133-80-51-86(130-81(80)55-127-99(64-21-9-8-10-22-64,65-38-42-67(122-5)43-39-65)66-40-44-68(123-6)45-41-66)111-59-103-89-91(101-58-102-92(89)111)106-94(118)63-36-34-62(35-37-63)52-100-84(115)57-124-87(116)32-20-48-110(4)98(121)126-54-78-75-29-17-13-25-71(75)72-26-14-18-30-76(72)78;/h8-18,21-30,34-45,58-60,77-82,85-86H,7,19-20,31-33,46-57H2,1-6H3,(H,100,115)(H,101,102,106,118)(H2,105,107,108,114,119);1H3/t79?,80?,81-,82-,85-,86-,134?;/m1./s1. The lowest BCUT2D eigenvalue weighted by molar-refractivity contribution is -0.153. The number of H-pyrrole nitrogens is 1. The number of aromatic amines is 1. The Hall–Kier alpha value is -14.0. The zero-order valence-corrected chi connectivity index (χ0v) is 76.3. The van der Waals surface area contributed by atoms with Crippen molar-refractivity contribution in [2.75, 3.05) is 91.7 Å². The monoisotopic (exact) mass is 1860 g/mol. The zero-order chi connectivity index (χ0) is 93.4. The van der Waals surface area contributed by atoms with E-state index in [1.54, 1.807) is 57.1 Å². The molecule has 2 saturated heterocycles. The van der Waals surface area contributed by atoms with E-state index in [4.69, 9.17) is 61.2 Å². The number of hydrogen-bond donors (Lipinski definition) is 5. The Balaban J connectivity index is 0.0000139. The SMILES string of the molecule is CCCOP(OC[C@H]1O[C@@H](n2cnc3c(=O)[nH]c(NC(=O)CCCN(C)C(=O)OCC4c5ccccc5-c5ccccc54)nc32)CC1OC(=O)CCC(C)=O)OC1C[C@H](n2cnc3c(NC(=O)c4ccc(CNC(=O)COC(=O)CCCN(C)C(=O)OCC5c6ccccc6-c6ccccc65)cc4)ncnc32)O[C@@H]1COC(c1ccccc1)(c1ccc(OC)cc1)c1ccc(OC)cc1.N. The van der Waals surface area contributed by atoms with Crippen LogP contribution in [0.25, 0.3) is 44.6 Å². The maximum absolute atomic E-state index is 14.2. The molecule has 7 N–H and O–H groups in total. The molecule has 36 heteroatoms. The van der Waals surface area contributed by atoms with Gasteiger partial charge in [0.05, 0.1) is 59.2 Å². The molecule has 16 rings (SSSR count). The number of rotatable bonds is 41. The molecule has 7 atom stereocenters. The molecule has 135 heavy (non-hydrogen) atoms. The lowest BCUT2D eigenvalue weighted by Gasteiger charge is -2.37. The van der Waals surface area contributed by atoms with Crippen LogP contribution in [0.15, 0.2) is 224 Å². The van der Waals surface area contributed by atoms with E-state index in [-0.39, 0.29) is 167 Å². The molecular weight excluding hydrogens is 1750 g/mol. The fraction of sp³-hybridized carbons (Fsp3) is 0.333. The topological polar surface area (TPSA) is 432 Å². The second kappa shape index (κ2) is 44.2. The number of benzene rings is 8. The molecule has 6 heterocycles. The number of carbonyl (C=O) groups is 8. The Morgan fingerprint density at radius 1 is 0.541 bits per heavy atom. The van der Waals surface area contributed by atoms with Crippen LogP contribution < -0.4 is 37.1 Å². The van der Waals surface area contributed by atoms with Crippen molar-refractivity contribution in [2.24, 2.45) is 0 Å². The first-order valence-corrected chi connectivity index (χ1v) is 45.4. The highest BCUT2D eigenvalue weighted by atomic mass is 31.2. The minimum atomic E-state index is -2.38. The van der Waals surface area contributed by atoms with E-state index in [0.29, 0.717) is 23.5 Å². The van der Waals surface area contributed by atoms with E-state index < -0.39 is 105 Å². The van der Waals surface area contributed by atoms with Gasteiger partial charge in [0, 0.05) is 83.2 Å². The molecule has 2 fully saturated rings. The van der Waals surface area contributed by atoms with E-state index in [0.717, 1.165) is 61.2 Å². The summed E-state index contributed by atoms with van der Waals surface area (Å²) in [7, 11) is 3.99. The normalized spacial score (nSPS) is 16.7. The van der Waals surface area contributed by atoms with Crippen molar-refractivity contribution in [3.63, 3.8) is 0 Å². The maximum atomic E-state index is 14.2. The number of ether oxygens (including phenoxy) is 9. The molecule has 702 valence electrons. The number of aromatic nitrogens is 8. The van der Waals surface area contributed by atoms with Gasteiger partial charge in [-0.15, -0.1) is 0 Å². The molecule has 0 spiro atoms.